The van der Waals surface area contributed by atoms with Gasteiger partial charge in [0.1, 0.15) is 5.75 Å². The molecule has 0 unspecified atom stereocenters. The summed E-state index contributed by atoms with van der Waals surface area (Å²) in [4.78, 5) is 0. The van der Waals surface area contributed by atoms with E-state index in [9.17, 15) is 0 Å². The maximum Gasteiger partial charge on any atom is 0.231 e. The zero-order valence-electron chi connectivity index (χ0n) is 11.6. The van der Waals surface area contributed by atoms with Crippen molar-refractivity contribution in [1.82, 2.24) is 0 Å². The number of ether oxygens (including phenoxy) is 4. The van der Waals surface area contributed by atoms with Crippen LogP contribution in [0.4, 0.5) is 0 Å². The molecule has 4 nitrogen and oxygen atoms in total. The zero-order chi connectivity index (χ0) is 14.7. The highest BCUT2D eigenvalue weighted by Gasteiger charge is 2.13. The standard InChI is InChI=1S/C16H15BrO4/c1-18-14-4-2-11(6-13(14)17)8-19-9-12-3-5-15-16(7-12)21-10-20-15/h2-7H,8-10H2,1H3. The third-order valence-corrected chi connectivity index (χ3v) is 3.81. The summed E-state index contributed by atoms with van der Waals surface area (Å²) < 4.78 is 22.5. The van der Waals surface area contributed by atoms with Crippen LogP contribution in [0.15, 0.2) is 40.9 Å². The van der Waals surface area contributed by atoms with Crippen molar-refractivity contribution in [1.29, 1.82) is 0 Å². The van der Waals surface area contributed by atoms with Crippen molar-refractivity contribution in [2.45, 2.75) is 13.2 Å². The first-order valence-electron chi connectivity index (χ1n) is 6.55. The Balaban J connectivity index is 1.57. The Hall–Kier alpha value is -1.72. The molecule has 3 rings (SSSR count). The lowest BCUT2D eigenvalue weighted by atomic mass is 10.2. The quantitative estimate of drug-likeness (QED) is 0.819. The summed E-state index contributed by atoms with van der Waals surface area (Å²) >= 11 is 3.47. The fourth-order valence-electron chi connectivity index (χ4n) is 2.12. The van der Waals surface area contributed by atoms with Gasteiger partial charge in [-0.15, -0.1) is 0 Å². The average Bonchev–Trinajstić information content (AvgIpc) is 2.95. The highest BCUT2D eigenvalue weighted by atomic mass is 79.9. The Morgan fingerprint density at radius 2 is 1.71 bits per heavy atom. The van der Waals surface area contributed by atoms with E-state index in [1.807, 2.05) is 36.4 Å². The van der Waals surface area contributed by atoms with E-state index in [0.717, 1.165) is 32.8 Å². The van der Waals surface area contributed by atoms with Crippen molar-refractivity contribution in [3.05, 3.63) is 52.0 Å². The molecule has 2 aromatic carbocycles. The molecule has 0 atom stereocenters. The SMILES string of the molecule is COc1ccc(COCc2ccc3c(c2)OCO3)cc1Br. The van der Waals surface area contributed by atoms with Gasteiger partial charge in [0.15, 0.2) is 11.5 Å². The molecule has 110 valence electrons. The first kappa shape index (κ1) is 14.2. The average molecular weight is 351 g/mol. The van der Waals surface area contributed by atoms with Crippen LogP contribution in [0.2, 0.25) is 0 Å². The minimum atomic E-state index is 0.291. The van der Waals surface area contributed by atoms with E-state index in [-0.39, 0.29) is 0 Å². The Labute approximate surface area is 131 Å². The normalized spacial score (nSPS) is 12.5. The van der Waals surface area contributed by atoms with E-state index in [4.69, 9.17) is 18.9 Å². The zero-order valence-corrected chi connectivity index (χ0v) is 13.2. The molecule has 2 aromatic rings. The van der Waals surface area contributed by atoms with E-state index in [0.29, 0.717) is 20.0 Å². The van der Waals surface area contributed by atoms with Gasteiger partial charge in [0.05, 0.1) is 24.8 Å². The molecule has 0 aliphatic carbocycles. The molecule has 0 saturated heterocycles. The van der Waals surface area contributed by atoms with Gasteiger partial charge in [-0.25, -0.2) is 0 Å². The topological polar surface area (TPSA) is 36.9 Å². The Bertz CT molecular complexity index is 642. The maximum atomic E-state index is 5.74. The molecule has 5 heteroatoms. The first-order chi connectivity index (χ1) is 10.3. The van der Waals surface area contributed by atoms with Crippen LogP contribution in [0.1, 0.15) is 11.1 Å². The minimum Gasteiger partial charge on any atom is -0.496 e. The number of halogens is 1. The molecule has 1 heterocycles. The van der Waals surface area contributed by atoms with Crippen molar-refractivity contribution in [2.24, 2.45) is 0 Å². The Morgan fingerprint density at radius 3 is 2.48 bits per heavy atom. The van der Waals surface area contributed by atoms with Gasteiger partial charge < -0.3 is 18.9 Å². The summed E-state index contributed by atoms with van der Waals surface area (Å²) in [5, 5.41) is 0. The van der Waals surface area contributed by atoms with Crippen LogP contribution in [0.25, 0.3) is 0 Å². The molecule has 1 aliphatic heterocycles. The first-order valence-corrected chi connectivity index (χ1v) is 7.34. The monoisotopic (exact) mass is 350 g/mol. The van der Waals surface area contributed by atoms with Crippen LogP contribution in [0.3, 0.4) is 0 Å². The van der Waals surface area contributed by atoms with Crippen LogP contribution in [-0.2, 0) is 18.0 Å². The predicted molar refractivity (Wildman–Crippen MR) is 81.8 cm³/mol. The largest absolute Gasteiger partial charge is 0.496 e. The Kier molecular flexibility index (Phi) is 4.31. The predicted octanol–water partition coefficient (Wildman–Crippen LogP) is 3.90. The van der Waals surface area contributed by atoms with E-state index < -0.39 is 0 Å². The van der Waals surface area contributed by atoms with Gasteiger partial charge in [-0.2, -0.15) is 0 Å². The molecular formula is C16H15BrO4. The second-order valence-electron chi connectivity index (χ2n) is 4.65. The van der Waals surface area contributed by atoms with Crippen molar-refractivity contribution in [3.63, 3.8) is 0 Å². The second-order valence-corrected chi connectivity index (χ2v) is 5.50. The van der Waals surface area contributed by atoms with Gasteiger partial charge in [0.25, 0.3) is 0 Å². The molecule has 0 amide bonds. The number of hydrogen-bond donors (Lipinski definition) is 0. The van der Waals surface area contributed by atoms with Crippen molar-refractivity contribution in [3.8, 4) is 17.2 Å². The molecule has 0 N–H and O–H groups in total. The van der Waals surface area contributed by atoms with Crippen LogP contribution >= 0.6 is 15.9 Å². The molecule has 0 fully saturated rings. The van der Waals surface area contributed by atoms with Crippen LogP contribution in [0.5, 0.6) is 17.2 Å². The summed E-state index contributed by atoms with van der Waals surface area (Å²) in [5.74, 6) is 2.38. The van der Waals surface area contributed by atoms with Gasteiger partial charge in [-0.1, -0.05) is 12.1 Å². The highest BCUT2D eigenvalue weighted by Crippen LogP contribution is 2.32. The summed E-state index contributed by atoms with van der Waals surface area (Å²) in [6, 6.07) is 11.7. The summed E-state index contributed by atoms with van der Waals surface area (Å²) in [6.45, 7) is 1.36. The number of benzene rings is 2. The lowest BCUT2D eigenvalue weighted by molar-refractivity contribution is 0.107. The molecule has 21 heavy (non-hydrogen) atoms. The van der Waals surface area contributed by atoms with E-state index in [1.165, 1.54) is 0 Å². The van der Waals surface area contributed by atoms with Gasteiger partial charge in [-0.3, -0.25) is 0 Å². The van der Waals surface area contributed by atoms with Crippen molar-refractivity contribution < 1.29 is 18.9 Å². The summed E-state index contributed by atoms with van der Waals surface area (Å²) in [6.07, 6.45) is 0. The molecular weight excluding hydrogens is 336 g/mol. The molecule has 0 bridgehead atoms. The molecule has 0 saturated carbocycles. The highest BCUT2D eigenvalue weighted by molar-refractivity contribution is 9.10. The van der Waals surface area contributed by atoms with Crippen molar-refractivity contribution >= 4 is 15.9 Å². The summed E-state index contributed by atoms with van der Waals surface area (Å²) in [7, 11) is 1.65. The molecule has 0 radical (unpaired) electrons. The third kappa shape index (κ3) is 3.31. The third-order valence-electron chi connectivity index (χ3n) is 3.19. The fraction of sp³-hybridized carbons (Fsp3) is 0.250. The second kappa shape index (κ2) is 6.37. The van der Waals surface area contributed by atoms with Gasteiger partial charge in [-0.05, 0) is 51.3 Å². The molecule has 0 spiro atoms. The van der Waals surface area contributed by atoms with Crippen molar-refractivity contribution in [2.75, 3.05) is 13.9 Å². The van der Waals surface area contributed by atoms with Gasteiger partial charge in [0, 0.05) is 0 Å². The molecule has 0 aromatic heterocycles. The minimum absolute atomic E-state index is 0.291. The lowest BCUT2D eigenvalue weighted by Gasteiger charge is -2.08. The van der Waals surface area contributed by atoms with Crippen LogP contribution < -0.4 is 14.2 Å². The number of methoxy groups -OCH3 is 1. The van der Waals surface area contributed by atoms with E-state index >= 15 is 0 Å². The number of fused-ring (bicyclic) bond motifs is 1. The molecule has 1 aliphatic rings. The smallest absolute Gasteiger partial charge is 0.231 e. The number of hydrogen-bond acceptors (Lipinski definition) is 4. The van der Waals surface area contributed by atoms with Crippen LogP contribution in [0, 0.1) is 0 Å². The Morgan fingerprint density at radius 1 is 1.00 bits per heavy atom. The van der Waals surface area contributed by atoms with Gasteiger partial charge in [0.2, 0.25) is 6.79 Å². The van der Waals surface area contributed by atoms with Gasteiger partial charge >= 0.3 is 0 Å². The fourth-order valence-corrected chi connectivity index (χ4v) is 2.71. The van der Waals surface area contributed by atoms with Crippen LogP contribution in [-0.4, -0.2) is 13.9 Å². The summed E-state index contributed by atoms with van der Waals surface area (Å²) in [5.41, 5.74) is 2.15. The lowest BCUT2D eigenvalue weighted by Crippen LogP contribution is -1.95. The van der Waals surface area contributed by atoms with E-state index in [2.05, 4.69) is 15.9 Å². The number of rotatable bonds is 5. The maximum absolute atomic E-state index is 5.74. The van der Waals surface area contributed by atoms with E-state index in [1.54, 1.807) is 7.11 Å².